The number of hydrogen-bond donors (Lipinski definition) is 2. The summed E-state index contributed by atoms with van der Waals surface area (Å²) in [5.74, 6) is 0.316. The number of aliphatic hydroxyl groups excluding tert-OH is 1. The number of benzene rings is 1. The van der Waals surface area contributed by atoms with Crippen LogP contribution >= 0.6 is 0 Å². The fourth-order valence-corrected chi connectivity index (χ4v) is 2.33. The van der Waals surface area contributed by atoms with E-state index in [1.165, 1.54) is 11.0 Å². The third kappa shape index (κ3) is 4.56. The van der Waals surface area contributed by atoms with Gasteiger partial charge in [-0.1, -0.05) is 6.07 Å². The molecule has 0 radical (unpaired) electrons. The van der Waals surface area contributed by atoms with Gasteiger partial charge in [-0.3, -0.25) is 0 Å². The number of rotatable bonds is 4. The van der Waals surface area contributed by atoms with Crippen molar-refractivity contribution in [1.82, 2.24) is 4.90 Å². The smallest absolute Gasteiger partial charge is 0.321 e. The number of urea groups is 1. The van der Waals surface area contributed by atoms with Gasteiger partial charge in [-0.25, -0.2) is 13.6 Å². The van der Waals surface area contributed by atoms with Gasteiger partial charge in [0.15, 0.2) is 0 Å². The van der Waals surface area contributed by atoms with Crippen LogP contribution in [-0.2, 0) is 0 Å². The van der Waals surface area contributed by atoms with Crippen molar-refractivity contribution in [3.05, 3.63) is 23.8 Å². The van der Waals surface area contributed by atoms with Gasteiger partial charge in [-0.2, -0.15) is 0 Å². The van der Waals surface area contributed by atoms with Gasteiger partial charge >= 0.3 is 6.03 Å². The second-order valence-electron chi connectivity index (χ2n) is 5.35. The molecule has 7 heteroatoms. The summed E-state index contributed by atoms with van der Waals surface area (Å²) in [4.78, 5) is 13.7. The van der Waals surface area contributed by atoms with Gasteiger partial charge in [0, 0.05) is 24.8 Å². The summed E-state index contributed by atoms with van der Waals surface area (Å²) in [6, 6.07) is 4.59. The van der Waals surface area contributed by atoms with Crippen molar-refractivity contribution in [3.8, 4) is 5.75 Å². The molecule has 0 bridgehead atoms. The summed E-state index contributed by atoms with van der Waals surface area (Å²) >= 11 is 0. The van der Waals surface area contributed by atoms with E-state index in [-0.39, 0.29) is 6.03 Å². The van der Waals surface area contributed by atoms with Crippen molar-refractivity contribution in [1.29, 1.82) is 0 Å². The number of likely N-dealkylation sites (tertiary alicyclic amines) is 1. The Balaban J connectivity index is 1.99. The van der Waals surface area contributed by atoms with E-state index in [0.717, 1.165) is 6.42 Å². The summed E-state index contributed by atoms with van der Waals surface area (Å²) in [6.07, 6.45) is -1.60. The van der Waals surface area contributed by atoms with E-state index in [1.807, 2.05) is 0 Å². The molecule has 2 rings (SSSR count). The van der Waals surface area contributed by atoms with Crippen molar-refractivity contribution in [2.75, 3.05) is 25.0 Å². The molecule has 1 aromatic rings. The van der Waals surface area contributed by atoms with E-state index in [9.17, 15) is 18.7 Å². The van der Waals surface area contributed by atoms with Crippen LogP contribution in [0.25, 0.3) is 0 Å². The molecule has 0 aromatic heterocycles. The summed E-state index contributed by atoms with van der Waals surface area (Å²) < 4.78 is 29.5. The molecule has 0 saturated carbocycles. The minimum atomic E-state index is -2.55. The number of anilines is 1. The average Bonchev–Trinajstić information content (AvgIpc) is 2.47. The number of halogens is 2. The number of nitrogens with one attached hydrogen (secondary N) is 1. The first-order valence-corrected chi connectivity index (χ1v) is 7.21. The second kappa shape index (κ2) is 7.40. The fraction of sp³-hybridized carbons (Fsp3) is 0.533. The van der Waals surface area contributed by atoms with Crippen molar-refractivity contribution < 1.29 is 23.4 Å². The fourth-order valence-electron chi connectivity index (χ4n) is 2.33. The lowest BCUT2D eigenvalue weighted by molar-refractivity contribution is 0.0816. The highest BCUT2D eigenvalue weighted by atomic mass is 19.3. The normalized spacial score (nSPS) is 18.4. The quantitative estimate of drug-likeness (QED) is 0.898. The molecular formula is C15H20F2N2O3. The summed E-state index contributed by atoms with van der Waals surface area (Å²) in [6.45, 7) is 1.94. The van der Waals surface area contributed by atoms with Crippen LogP contribution in [0.2, 0.25) is 0 Å². The molecule has 1 atom stereocenters. The van der Waals surface area contributed by atoms with Gasteiger partial charge in [0.1, 0.15) is 12.4 Å². The Morgan fingerprint density at radius 2 is 2.32 bits per heavy atom. The SMILES string of the molecule is Cc1ccc(NC(=O)N2CCCC(O)C2)cc1OCC(F)F. The molecular weight excluding hydrogens is 294 g/mol. The maximum atomic E-state index is 12.2. The maximum absolute atomic E-state index is 12.2. The molecule has 0 spiro atoms. The number of carbonyl (C=O) groups excluding carboxylic acids is 1. The van der Waals surface area contributed by atoms with Crippen LogP contribution in [0, 0.1) is 6.92 Å². The van der Waals surface area contributed by atoms with Crippen LogP contribution in [0.1, 0.15) is 18.4 Å². The molecule has 0 aliphatic carbocycles. The zero-order valence-electron chi connectivity index (χ0n) is 12.4. The number of nitrogens with zero attached hydrogens (tertiary/aromatic N) is 1. The molecule has 1 aliphatic heterocycles. The highest BCUT2D eigenvalue weighted by Crippen LogP contribution is 2.23. The van der Waals surface area contributed by atoms with Gasteiger partial charge in [-0.05, 0) is 31.4 Å². The van der Waals surface area contributed by atoms with Crippen LogP contribution in [0.15, 0.2) is 18.2 Å². The van der Waals surface area contributed by atoms with Crippen molar-refractivity contribution in [2.24, 2.45) is 0 Å². The van der Waals surface area contributed by atoms with Crippen LogP contribution < -0.4 is 10.1 Å². The Morgan fingerprint density at radius 1 is 1.55 bits per heavy atom. The van der Waals surface area contributed by atoms with Crippen LogP contribution in [0.4, 0.5) is 19.3 Å². The minimum absolute atomic E-state index is 0.298. The first-order chi connectivity index (χ1) is 10.5. The van der Waals surface area contributed by atoms with Crippen LogP contribution in [0.5, 0.6) is 5.75 Å². The number of ether oxygens (including phenoxy) is 1. The van der Waals surface area contributed by atoms with E-state index in [4.69, 9.17) is 4.74 Å². The van der Waals surface area contributed by atoms with Crippen LogP contribution in [-0.4, -0.2) is 48.3 Å². The number of aliphatic hydroxyl groups is 1. The van der Waals surface area contributed by atoms with Crippen molar-refractivity contribution in [3.63, 3.8) is 0 Å². The number of alkyl halides is 2. The highest BCUT2D eigenvalue weighted by Gasteiger charge is 2.22. The van der Waals surface area contributed by atoms with E-state index in [2.05, 4.69) is 5.32 Å². The first kappa shape index (κ1) is 16.5. The Kier molecular flexibility index (Phi) is 5.54. The Bertz CT molecular complexity index is 526. The number of aryl methyl sites for hydroxylation is 1. The molecule has 1 fully saturated rings. The number of hydrogen-bond acceptors (Lipinski definition) is 3. The second-order valence-corrected chi connectivity index (χ2v) is 5.35. The number of carbonyl (C=O) groups is 1. The first-order valence-electron chi connectivity index (χ1n) is 7.21. The molecule has 2 amide bonds. The third-order valence-corrected chi connectivity index (χ3v) is 3.49. The Labute approximate surface area is 127 Å². The lowest BCUT2D eigenvalue weighted by Crippen LogP contribution is -2.44. The molecule has 1 saturated heterocycles. The Hall–Kier alpha value is -1.89. The molecule has 5 nitrogen and oxygen atoms in total. The largest absolute Gasteiger partial charge is 0.487 e. The molecule has 2 N–H and O–H groups in total. The number of amides is 2. The molecule has 122 valence electrons. The van der Waals surface area contributed by atoms with Gasteiger partial charge in [0.05, 0.1) is 6.10 Å². The summed E-state index contributed by atoms with van der Waals surface area (Å²) in [5.41, 5.74) is 1.19. The monoisotopic (exact) mass is 314 g/mol. The van der Waals surface area contributed by atoms with Gasteiger partial charge in [0.25, 0.3) is 6.43 Å². The van der Waals surface area contributed by atoms with Crippen molar-refractivity contribution in [2.45, 2.75) is 32.3 Å². The average molecular weight is 314 g/mol. The van der Waals surface area contributed by atoms with Gasteiger partial charge < -0.3 is 20.1 Å². The standard InChI is InChI=1S/C15H20F2N2O3/c1-10-4-5-11(7-13(10)22-9-14(16)17)18-15(21)19-6-2-3-12(20)8-19/h4-5,7,12,14,20H,2-3,6,8-9H2,1H3,(H,18,21). The Morgan fingerprint density at radius 3 is 3.00 bits per heavy atom. The number of piperidine rings is 1. The summed E-state index contributed by atoms with van der Waals surface area (Å²) in [7, 11) is 0. The summed E-state index contributed by atoms with van der Waals surface area (Å²) in [5, 5.41) is 12.3. The number of β-amino-alcohol motifs (C(OH)–C–C–N with tert-alkyl or cyclic N) is 1. The molecule has 1 unspecified atom stereocenters. The van der Waals surface area contributed by atoms with Crippen molar-refractivity contribution >= 4 is 11.7 Å². The minimum Gasteiger partial charge on any atom is -0.487 e. The third-order valence-electron chi connectivity index (χ3n) is 3.49. The lowest BCUT2D eigenvalue weighted by atomic mass is 10.1. The predicted octanol–water partition coefficient (Wildman–Crippen LogP) is 2.63. The molecule has 22 heavy (non-hydrogen) atoms. The van der Waals surface area contributed by atoms with E-state index < -0.39 is 19.1 Å². The maximum Gasteiger partial charge on any atom is 0.321 e. The molecule has 1 heterocycles. The zero-order valence-corrected chi connectivity index (χ0v) is 12.4. The van der Waals surface area contributed by atoms with E-state index in [1.54, 1.807) is 19.1 Å². The highest BCUT2D eigenvalue weighted by molar-refractivity contribution is 5.89. The van der Waals surface area contributed by atoms with Gasteiger partial charge in [0.2, 0.25) is 0 Å². The molecule has 1 aromatic carbocycles. The molecule has 1 aliphatic rings. The van der Waals surface area contributed by atoms with Crippen LogP contribution in [0.3, 0.4) is 0 Å². The predicted molar refractivity (Wildman–Crippen MR) is 78.5 cm³/mol. The zero-order chi connectivity index (χ0) is 16.1. The van der Waals surface area contributed by atoms with Gasteiger partial charge in [-0.15, -0.1) is 0 Å². The van der Waals surface area contributed by atoms with E-state index in [0.29, 0.717) is 36.5 Å². The topological polar surface area (TPSA) is 61.8 Å². The van der Waals surface area contributed by atoms with E-state index >= 15 is 0 Å². The lowest BCUT2D eigenvalue weighted by Gasteiger charge is -2.30.